The Bertz CT molecular complexity index is 417. The van der Waals surface area contributed by atoms with Crippen LogP contribution in [-0.2, 0) is 13.4 Å². The molecule has 0 spiro atoms. The molecule has 0 N–H and O–H groups in total. The molecule has 0 aliphatic heterocycles. The third kappa shape index (κ3) is 12.1. The van der Waals surface area contributed by atoms with Crippen LogP contribution in [0.5, 0.6) is 0 Å². The molecule has 0 radical (unpaired) electrons. The largest absolute Gasteiger partial charge is 0.415 e. The Kier molecular flexibility index (Phi) is 12.9. The van der Waals surface area contributed by atoms with Gasteiger partial charge in [-0.2, -0.15) is 0 Å². The maximum Gasteiger partial charge on any atom is 0.184 e. The first kappa shape index (κ1) is 28.8. The van der Waals surface area contributed by atoms with E-state index in [1.54, 1.807) is 0 Å². The van der Waals surface area contributed by atoms with Gasteiger partial charge in [-0.05, 0) is 65.0 Å². The average molecular weight is 478 g/mol. The summed E-state index contributed by atoms with van der Waals surface area (Å²) in [5, 5.41) is 0. The lowest BCUT2D eigenvalue weighted by molar-refractivity contribution is 0.00123. The van der Waals surface area contributed by atoms with Crippen LogP contribution in [0.2, 0.25) is 39.3 Å². The van der Waals surface area contributed by atoms with E-state index in [-0.39, 0.29) is 0 Å². The second kappa shape index (κ2) is 13.5. The zero-order valence-electron chi connectivity index (χ0n) is 21.9. The zero-order chi connectivity index (χ0) is 22.8. The number of hydrogen-bond donors (Lipinski definition) is 0. The fourth-order valence-electron chi connectivity index (χ4n) is 4.60. The molecule has 1 aliphatic carbocycles. The lowest BCUT2D eigenvalue weighted by Crippen LogP contribution is -2.45. The fraction of sp³-hybridized carbons (Fsp3) is 1.00. The smallest absolute Gasteiger partial charge is 0.184 e. The lowest BCUT2D eigenvalue weighted by atomic mass is 9.93. The monoisotopic (exact) mass is 477 g/mol. The molecule has 0 saturated heterocycles. The molecule has 0 aromatic rings. The van der Waals surface area contributed by atoms with Gasteiger partial charge >= 0.3 is 0 Å². The minimum Gasteiger partial charge on any atom is -0.415 e. The van der Waals surface area contributed by atoms with Crippen molar-refractivity contribution in [2.75, 3.05) is 18.5 Å². The van der Waals surface area contributed by atoms with Crippen molar-refractivity contribution in [1.29, 1.82) is 0 Å². The Morgan fingerprint density at radius 2 is 0.933 bits per heavy atom. The number of hydrogen-bond acceptors (Lipinski definition) is 3. The van der Waals surface area contributed by atoms with Gasteiger partial charge in [-0.1, -0.05) is 40.0 Å². The van der Waals surface area contributed by atoms with Crippen LogP contribution >= 0.6 is 7.49 Å². The summed E-state index contributed by atoms with van der Waals surface area (Å²) in [6.45, 7) is 20.8. The fourth-order valence-corrected chi connectivity index (χ4v) is 11.4. The Balaban J connectivity index is 3.02. The van der Waals surface area contributed by atoms with E-state index >= 15 is 0 Å². The average Bonchev–Trinajstić information content (AvgIpc) is 2.59. The van der Waals surface area contributed by atoms with Crippen LogP contribution in [0.15, 0.2) is 0 Å². The van der Waals surface area contributed by atoms with Gasteiger partial charge in [0.05, 0.1) is 30.7 Å². The molecule has 0 amide bonds. The molecule has 2 unspecified atom stereocenters. The van der Waals surface area contributed by atoms with Crippen LogP contribution in [-0.4, -0.2) is 53.4 Å². The van der Waals surface area contributed by atoms with Gasteiger partial charge in [-0.25, -0.2) is 4.52 Å². The molecule has 3 nitrogen and oxygen atoms in total. The highest BCUT2D eigenvalue weighted by atomic mass is 31.2. The molecule has 0 aromatic heterocycles. The molecule has 1 aliphatic rings. The third-order valence-corrected chi connectivity index (χ3v) is 12.0. The Morgan fingerprint density at radius 1 is 0.600 bits per heavy atom. The zero-order valence-corrected chi connectivity index (χ0v) is 24.8. The van der Waals surface area contributed by atoms with Crippen molar-refractivity contribution in [2.45, 2.75) is 136 Å². The van der Waals surface area contributed by atoms with E-state index in [1.165, 1.54) is 57.0 Å². The Hall–Kier alpha value is 0.744. The summed E-state index contributed by atoms with van der Waals surface area (Å²) in [5.74, 6) is 0. The van der Waals surface area contributed by atoms with Gasteiger partial charge in [0.15, 0.2) is 16.6 Å². The second-order valence-corrected chi connectivity index (χ2v) is 24.0. The molecule has 1 saturated carbocycles. The first-order valence-corrected chi connectivity index (χ1v) is 21.9. The van der Waals surface area contributed by atoms with Crippen molar-refractivity contribution in [2.24, 2.45) is 0 Å². The van der Waals surface area contributed by atoms with Crippen LogP contribution in [0.25, 0.3) is 0 Å². The minimum absolute atomic E-state index is 0.308. The van der Waals surface area contributed by atoms with Crippen LogP contribution in [0.1, 0.15) is 78.6 Å². The van der Waals surface area contributed by atoms with Crippen LogP contribution in [0.4, 0.5) is 0 Å². The summed E-state index contributed by atoms with van der Waals surface area (Å²) in [7, 11) is -4.51. The van der Waals surface area contributed by atoms with Gasteiger partial charge in [-0.15, -0.1) is 0 Å². The van der Waals surface area contributed by atoms with Crippen LogP contribution in [0, 0.1) is 0 Å². The maximum absolute atomic E-state index is 7.26. The summed E-state index contributed by atoms with van der Waals surface area (Å²) in [6, 6.07) is 0. The van der Waals surface area contributed by atoms with Crippen molar-refractivity contribution >= 4 is 24.1 Å². The quantitative estimate of drug-likeness (QED) is 0.175. The molecule has 1 fully saturated rings. The Morgan fingerprint density at radius 3 is 1.23 bits per heavy atom. The first-order chi connectivity index (χ1) is 13.9. The van der Waals surface area contributed by atoms with E-state index in [2.05, 4.69) is 60.1 Å². The van der Waals surface area contributed by atoms with Crippen molar-refractivity contribution in [3.05, 3.63) is 0 Å². The molecule has 0 bridgehead atoms. The summed E-state index contributed by atoms with van der Waals surface area (Å²) < 4.78 is 20.5. The molecule has 0 aromatic carbocycles. The first-order valence-electron chi connectivity index (χ1n) is 12.8. The van der Waals surface area contributed by atoms with Crippen molar-refractivity contribution in [1.82, 2.24) is 0 Å². The number of rotatable bonds is 15. The van der Waals surface area contributed by atoms with E-state index in [0.717, 1.165) is 19.3 Å². The maximum atomic E-state index is 7.26. The molecule has 180 valence electrons. The van der Waals surface area contributed by atoms with E-state index in [9.17, 15) is 0 Å². The van der Waals surface area contributed by atoms with E-state index in [4.69, 9.17) is 13.4 Å². The standard InChI is InChI=1S/C24H54O3PSi2/c1-10-13-16-28(17-14-11-2,18-15-12-3)25-22-19-23(26-29(4,5)6)21-24(20-22)27-30(7,8)9/h22-24H,10-21H2,1-9H3/q+1. The van der Waals surface area contributed by atoms with Gasteiger partial charge in [0.25, 0.3) is 0 Å². The molecule has 0 heterocycles. The molecular formula is C24H54O3PSi2+. The Labute approximate surface area is 192 Å². The van der Waals surface area contributed by atoms with Gasteiger partial charge in [-0.3, -0.25) is 0 Å². The summed E-state index contributed by atoms with van der Waals surface area (Å²) in [5.41, 5.74) is 0. The van der Waals surface area contributed by atoms with Crippen molar-refractivity contribution in [3.8, 4) is 0 Å². The highest BCUT2D eigenvalue weighted by Crippen LogP contribution is 2.63. The summed E-state index contributed by atoms with van der Waals surface area (Å²) >= 11 is 0. The van der Waals surface area contributed by atoms with E-state index in [0.29, 0.717) is 18.3 Å². The molecule has 6 heteroatoms. The second-order valence-electron chi connectivity index (χ2n) is 11.4. The van der Waals surface area contributed by atoms with Gasteiger partial charge in [0.2, 0.25) is 0 Å². The number of unbranched alkanes of at least 4 members (excludes halogenated alkanes) is 3. The van der Waals surface area contributed by atoms with Crippen LogP contribution in [0.3, 0.4) is 0 Å². The molecule has 2 atom stereocenters. The van der Waals surface area contributed by atoms with Gasteiger partial charge < -0.3 is 8.85 Å². The van der Waals surface area contributed by atoms with Crippen LogP contribution < -0.4 is 0 Å². The summed E-state index contributed by atoms with van der Waals surface area (Å²) in [4.78, 5) is 0. The van der Waals surface area contributed by atoms with Crippen molar-refractivity contribution in [3.63, 3.8) is 0 Å². The van der Waals surface area contributed by atoms with E-state index < -0.39 is 24.1 Å². The van der Waals surface area contributed by atoms with Crippen molar-refractivity contribution < 1.29 is 13.4 Å². The highest BCUT2D eigenvalue weighted by molar-refractivity contribution is 7.71. The highest BCUT2D eigenvalue weighted by Gasteiger charge is 2.44. The topological polar surface area (TPSA) is 27.7 Å². The minimum atomic E-state index is -1.57. The molecular weight excluding hydrogens is 423 g/mol. The van der Waals surface area contributed by atoms with Gasteiger partial charge in [0, 0.05) is 12.8 Å². The predicted molar refractivity (Wildman–Crippen MR) is 141 cm³/mol. The molecule has 30 heavy (non-hydrogen) atoms. The summed E-state index contributed by atoms with van der Waals surface area (Å²) in [6.07, 6.45) is 15.9. The normalized spacial score (nSPS) is 23.7. The molecule has 1 rings (SSSR count). The lowest BCUT2D eigenvalue weighted by Gasteiger charge is -2.41. The van der Waals surface area contributed by atoms with E-state index in [1.807, 2.05) is 0 Å². The SMILES string of the molecule is CCCC[P+](CCCC)(CCCC)OC1CC(O[Si](C)(C)C)CC(O[Si](C)(C)C)C1. The third-order valence-electron chi connectivity index (χ3n) is 5.75. The predicted octanol–water partition coefficient (Wildman–Crippen LogP) is 8.33. The van der Waals surface area contributed by atoms with Gasteiger partial charge in [0.1, 0.15) is 13.6 Å².